The van der Waals surface area contributed by atoms with Crippen LogP contribution >= 0.6 is 0 Å². The molecule has 20 heavy (non-hydrogen) atoms. The first kappa shape index (κ1) is 13.2. The summed E-state index contributed by atoms with van der Waals surface area (Å²) in [6.45, 7) is 3.04. The summed E-state index contributed by atoms with van der Waals surface area (Å²) in [5, 5.41) is 3.57. The first-order valence-corrected chi connectivity index (χ1v) is 7.26. The molecule has 1 saturated heterocycles. The van der Waals surface area contributed by atoms with Crippen LogP contribution in [-0.4, -0.2) is 15.7 Å². The smallest absolute Gasteiger partial charge is 0.310 e. The van der Waals surface area contributed by atoms with Crippen LogP contribution in [0.5, 0.6) is 0 Å². The van der Waals surface area contributed by atoms with Crippen molar-refractivity contribution in [3.05, 3.63) is 52.2 Å². The number of piperidine rings is 1. The second kappa shape index (κ2) is 5.29. The number of aryl methyl sites for hydroxylation is 2. The molecule has 1 aromatic carbocycles. The van der Waals surface area contributed by atoms with Crippen molar-refractivity contribution in [3.8, 4) is 5.69 Å². The molecule has 1 aliphatic heterocycles. The summed E-state index contributed by atoms with van der Waals surface area (Å²) in [6.07, 6.45) is 5.50. The first-order chi connectivity index (χ1) is 9.68. The van der Waals surface area contributed by atoms with Gasteiger partial charge in [-0.05, 0) is 37.9 Å². The Morgan fingerprint density at radius 3 is 2.70 bits per heavy atom. The predicted octanol–water partition coefficient (Wildman–Crippen LogP) is 2.30. The Kier molecular flexibility index (Phi) is 3.49. The van der Waals surface area contributed by atoms with Gasteiger partial charge in [0.25, 0.3) is 0 Å². The lowest BCUT2D eigenvalue weighted by molar-refractivity contribution is 0.411. The molecule has 0 bridgehead atoms. The molecule has 2 heterocycles. The van der Waals surface area contributed by atoms with Crippen LogP contribution in [0, 0.1) is 6.92 Å². The molecule has 1 aromatic heterocycles. The van der Waals surface area contributed by atoms with Crippen molar-refractivity contribution in [1.29, 1.82) is 0 Å². The molecule has 0 amide bonds. The fourth-order valence-corrected chi connectivity index (χ4v) is 3.10. The van der Waals surface area contributed by atoms with E-state index in [9.17, 15) is 4.79 Å². The average Bonchev–Trinajstić information content (AvgIpc) is 2.73. The maximum Gasteiger partial charge on any atom is 0.332 e. The number of nitrogens with zero attached hydrogens (tertiary/aromatic N) is 2. The van der Waals surface area contributed by atoms with E-state index >= 15 is 0 Å². The Morgan fingerprint density at radius 2 is 2.05 bits per heavy atom. The number of nitrogens with one attached hydrogen (secondary N) is 1. The maximum atomic E-state index is 12.3. The van der Waals surface area contributed by atoms with Gasteiger partial charge >= 0.3 is 5.69 Å². The van der Waals surface area contributed by atoms with Crippen molar-refractivity contribution in [3.63, 3.8) is 0 Å². The summed E-state index contributed by atoms with van der Waals surface area (Å²) in [4.78, 5) is 12.3. The van der Waals surface area contributed by atoms with E-state index in [0.29, 0.717) is 6.04 Å². The summed E-state index contributed by atoms with van der Waals surface area (Å²) >= 11 is 0. The summed E-state index contributed by atoms with van der Waals surface area (Å²) in [5.74, 6) is 0. The molecule has 0 radical (unpaired) electrons. The van der Waals surface area contributed by atoms with Gasteiger partial charge in [-0.2, -0.15) is 0 Å². The summed E-state index contributed by atoms with van der Waals surface area (Å²) < 4.78 is 3.45. The van der Waals surface area contributed by atoms with E-state index in [-0.39, 0.29) is 5.69 Å². The van der Waals surface area contributed by atoms with Gasteiger partial charge in [0.05, 0.1) is 5.69 Å². The highest BCUT2D eigenvalue weighted by Crippen LogP contribution is 2.27. The normalized spacial score (nSPS) is 19.2. The van der Waals surface area contributed by atoms with Gasteiger partial charge < -0.3 is 9.88 Å². The third kappa shape index (κ3) is 2.20. The van der Waals surface area contributed by atoms with Gasteiger partial charge in [-0.3, -0.25) is 4.57 Å². The lowest BCUT2D eigenvalue weighted by atomic mass is 9.96. The molecule has 0 saturated carbocycles. The van der Waals surface area contributed by atoms with Gasteiger partial charge in [-0.25, -0.2) is 4.79 Å². The van der Waals surface area contributed by atoms with E-state index in [1.54, 1.807) is 11.6 Å². The second-order valence-corrected chi connectivity index (χ2v) is 5.56. The monoisotopic (exact) mass is 271 g/mol. The SMILES string of the molecule is Cc1cn(C)c(=O)n1-c1ccccc1C1CCCCN1. The van der Waals surface area contributed by atoms with Gasteiger partial charge in [0.1, 0.15) is 0 Å². The number of hydrogen-bond acceptors (Lipinski definition) is 2. The number of hydrogen-bond donors (Lipinski definition) is 1. The number of rotatable bonds is 2. The van der Waals surface area contributed by atoms with E-state index in [0.717, 1.165) is 24.3 Å². The molecule has 4 heteroatoms. The summed E-state index contributed by atoms with van der Waals surface area (Å²) in [5.41, 5.74) is 3.23. The van der Waals surface area contributed by atoms with Crippen LogP contribution in [0.1, 0.15) is 36.6 Å². The Balaban J connectivity index is 2.12. The van der Waals surface area contributed by atoms with Crippen molar-refractivity contribution >= 4 is 0 Å². The number of benzene rings is 1. The Morgan fingerprint density at radius 1 is 1.25 bits per heavy atom. The Bertz CT molecular complexity index is 663. The topological polar surface area (TPSA) is 39.0 Å². The molecular formula is C16H21N3O. The van der Waals surface area contributed by atoms with Gasteiger partial charge in [0.15, 0.2) is 0 Å². The third-order valence-corrected chi connectivity index (χ3v) is 4.09. The summed E-state index contributed by atoms with van der Waals surface area (Å²) in [7, 11) is 1.80. The van der Waals surface area contributed by atoms with Gasteiger partial charge in [0.2, 0.25) is 0 Å². The first-order valence-electron chi connectivity index (χ1n) is 7.26. The zero-order valence-corrected chi connectivity index (χ0v) is 12.1. The molecule has 1 aliphatic rings. The lowest BCUT2D eigenvalue weighted by Crippen LogP contribution is -2.29. The minimum atomic E-state index is 0.0192. The predicted molar refractivity (Wildman–Crippen MR) is 80.3 cm³/mol. The molecule has 0 spiro atoms. The number of imidazole rings is 1. The number of para-hydroxylation sites is 1. The van der Waals surface area contributed by atoms with Gasteiger partial charge in [0, 0.05) is 25.0 Å². The molecule has 1 N–H and O–H groups in total. The van der Waals surface area contributed by atoms with Gasteiger partial charge in [-0.15, -0.1) is 0 Å². The van der Waals surface area contributed by atoms with Crippen molar-refractivity contribution in [2.24, 2.45) is 7.05 Å². The van der Waals surface area contributed by atoms with Crippen LogP contribution in [0.3, 0.4) is 0 Å². The zero-order chi connectivity index (χ0) is 14.1. The molecule has 2 aromatic rings. The van der Waals surface area contributed by atoms with Crippen molar-refractivity contribution in [2.45, 2.75) is 32.2 Å². The van der Waals surface area contributed by atoms with E-state index in [2.05, 4.69) is 17.4 Å². The highest BCUT2D eigenvalue weighted by Gasteiger charge is 2.20. The fraction of sp³-hybridized carbons (Fsp3) is 0.438. The van der Waals surface area contributed by atoms with Crippen molar-refractivity contribution in [1.82, 2.24) is 14.5 Å². The quantitative estimate of drug-likeness (QED) is 0.910. The van der Waals surface area contributed by atoms with Crippen LogP contribution < -0.4 is 11.0 Å². The Hall–Kier alpha value is -1.81. The van der Waals surface area contributed by atoms with Crippen LogP contribution in [0.2, 0.25) is 0 Å². The molecular weight excluding hydrogens is 250 g/mol. The van der Waals surface area contributed by atoms with Crippen molar-refractivity contribution < 1.29 is 0 Å². The Labute approximate surface area is 119 Å². The van der Waals surface area contributed by atoms with Crippen LogP contribution in [-0.2, 0) is 7.05 Å². The minimum Gasteiger partial charge on any atom is -0.310 e. The zero-order valence-electron chi connectivity index (χ0n) is 12.1. The third-order valence-electron chi connectivity index (χ3n) is 4.09. The molecule has 4 nitrogen and oxygen atoms in total. The largest absolute Gasteiger partial charge is 0.332 e. The average molecular weight is 271 g/mol. The van der Waals surface area contributed by atoms with Crippen LogP contribution in [0.4, 0.5) is 0 Å². The van der Waals surface area contributed by atoms with E-state index in [1.807, 2.05) is 29.8 Å². The molecule has 1 fully saturated rings. The van der Waals surface area contributed by atoms with E-state index in [1.165, 1.54) is 18.4 Å². The standard InChI is InChI=1S/C16H21N3O/c1-12-11-18(2)16(20)19(12)15-9-4-3-7-13(15)14-8-5-6-10-17-14/h3-4,7,9,11,14,17H,5-6,8,10H2,1-2H3. The maximum absolute atomic E-state index is 12.3. The highest BCUT2D eigenvalue weighted by atomic mass is 16.1. The minimum absolute atomic E-state index is 0.0192. The van der Waals surface area contributed by atoms with Gasteiger partial charge in [-0.1, -0.05) is 24.6 Å². The molecule has 0 aliphatic carbocycles. The van der Waals surface area contributed by atoms with Crippen LogP contribution in [0.25, 0.3) is 5.69 Å². The highest BCUT2D eigenvalue weighted by molar-refractivity contribution is 5.44. The number of aromatic nitrogens is 2. The van der Waals surface area contributed by atoms with Crippen LogP contribution in [0.15, 0.2) is 35.3 Å². The lowest BCUT2D eigenvalue weighted by Gasteiger charge is -2.26. The molecule has 106 valence electrons. The fourth-order valence-electron chi connectivity index (χ4n) is 3.10. The molecule has 3 rings (SSSR count). The van der Waals surface area contributed by atoms with Crippen molar-refractivity contribution in [2.75, 3.05) is 6.54 Å². The molecule has 1 atom stereocenters. The van der Waals surface area contributed by atoms with E-state index in [4.69, 9.17) is 0 Å². The second-order valence-electron chi connectivity index (χ2n) is 5.56. The molecule has 1 unspecified atom stereocenters. The summed E-state index contributed by atoms with van der Waals surface area (Å²) in [6, 6.07) is 8.59. The van der Waals surface area contributed by atoms with E-state index < -0.39 is 0 Å².